The van der Waals surface area contributed by atoms with Crippen LogP contribution in [0.4, 0.5) is 0 Å². The maximum atomic E-state index is 8.71. The van der Waals surface area contributed by atoms with Gasteiger partial charge in [0.2, 0.25) is 0 Å². The summed E-state index contributed by atoms with van der Waals surface area (Å²) >= 11 is 0. The highest BCUT2D eigenvalue weighted by Crippen LogP contribution is 2.15. The summed E-state index contributed by atoms with van der Waals surface area (Å²) in [5, 5.41) is 12.2. The Morgan fingerprint density at radius 3 is 2.75 bits per heavy atom. The van der Waals surface area contributed by atoms with Crippen LogP contribution in [0.5, 0.6) is 0 Å². The van der Waals surface area contributed by atoms with E-state index in [2.05, 4.69) is 56.4 Å². The van der Waals surface area contributed by atoms with Gasteiger partial charge in [-0.1, -0.05) is 36.8 Å². The molecule has 0 spiro atoms. The van der Waals surface area contributed by atoms with Crippen molar-refractivity contribution < 1.29 is 0 Å². The first kappa shape index (κ1) is 12.7. The van der Waals surface area contributed by atoms with Gasteiger partial charge in [0.05, 0.1) is 12.5 Å². The van der Waals surface area contributed by atoms with Gasteiger partial charge in [-0.2, -0.15) is 5.26 Å². The van der Waals surface area contributed by atoms with Crippen molar-refractivity contribution in [1.82, 2.24) is 5.32 Å². The molecular weight excluding hydrogens is 196 g/mol. The molecular formula is C14H20N2. The highest BCUT2D eigenvalue weighted by molar-refractivity contribution is 5.24. The third-order valence-electron chi connectivity index (χ3n) is 2.86. The molecule has 1 unspecified atom stereocenters. The molecule has 1 aromatic carbocycles. The van der Waals surface area contributed by atoms with Gasteiger partial charge in [-0.15, -0.1) is 0 Å². The molecule has 2 atom stereocenters. The summed E-state index contributed by atoms with van der Waals surface area (Å²) in [6, 6.07) is 11.3. The van der Waals surface area contributed by atoms with Gasteiger partial charge in [-0.05, 0) is 25.8 Å². The fourth-order valence-corrected chi connectivity index (χ4v) is 1.82. The number of nitrogens with zero attached hydrogens (tertiary/aromatic N) is 1. The number of hydrogen-bond donors (Lipinski definition) is 1. The SMILES string of the molecule is CCC(CC#N)N[C@@H](C)c1cccc(C)c1. The zero-order valence-corrected chi connectivity index (χ0v) is 10.3. The number of aryl methyl sites for hydroxylation is 1. The van der Waals surface area contributed by atoms with E-state index >= 15 is 0 Å². The fourth-order valence-electron chi connectivity index (χ4n) is 1.82. The van der Waals surface area contributed by atoms with Crippen molar-refractivity contribution in [2.45, 2.75) is 45.7 Å². The van der Waals surface area contributed by atoms with Gasteiger partial charge in [0, 0.05) is 12.1 Å². The minimum atomic E-state index is 0.292. The number of rotatable bonds is 5. The lowest BCUT2D eigenvalue weighted by atomic mass is 10.0. The normalized spacial score (nSPS) is 14.1. The van der Waals surface area contributed by atoms with Crippen LogP contribution in [0.1, 0.15) is 43.9 Å². The zero-order valence-electron chi connectivity index (χ0n) is 10.3. The molecule has 1 aromatic rings. The molecule has 0 heterocycles. The van der Waals surface area contributed by atoms with E-state index in [0.29, 0.717) is 18.5 Å². The molecule has 16 heavy (non-hydrogen) atoms. The van der Waals surface area contributed by atoms with Gasteiger partial charge < -0.3 is 5.32 Å². The second-order valence-corrected chi connectivity index (χ2v) is 4.27. The Morgan fingerprint density at radius 2 is 2.19 bits per heavy atom. The van der Waals surface area contributed by atoms with Gasteiger partial charge >= 0.3 is 0 Å². The Hall–Kier alpha value is -1.33. The highest BCUT2D eigenvalue weighted by Gasteiger charge is 2.11. The third kappa shape index (κ3) is 3.67. The second kappa shape index (κ2) is 6.30. The van der Waals surface area contributed by atoms with Crippen molar-refractivity contribution in [1.29, 1.82) is 5.26 Å². The van der Waals surface area contributed by atoms with Crippen molar-refractivity contribution in [2.75, 3.05) is 0 Å². The molecule has 0 aliphatic heterocycles. The van der Waals surface area contributed by atoms with E-state index in [1.165, 1.54) is 11.1 Å². The molecule has 1 rings (SSSR count). The molecule has 0 saturated heterocycles. The van der Waals surface area contributed by atoms with Gasteiger partial charge in [0.15, 0.2) is 0 Å². The van der Waals surface area contributed by atoms with Crippen LogP contribution < -0.4 is 5.32 Å². The summed E-state index contributed by atoms with van der Waals surface area (Å²) < 4.78 is 0. The molecule has 2 nitrogen and oxygen atoms in total. The summed E-state index contributed by atoms with van der Waals surface area (Å²) in [4.78, 5) is 0. The number of nitrogens with one attached hydrogen (secondary N) is 1. The van der Waals surface area contributed by atoms with Crippen LogP contribution in [0, 0.1) is 18.3 Å². The molecule has 1 N–H and O–H groups in total. The van der Waals surface area contributed by atoms with E-state index in [1.807, 2.05) is 0 Å². The monoisotopic (exact) mass is 216 g/mol. The molecule has 0 aliphatic rings. The average molecular weight is 216 g/mol. The van der Waals surface area contributed by atoms with Crippen molar-refractivity contribution in [3.63, 3.8) is 0 Å². The summed E-state index contributed by atoms with van der Waals surface area (Å²) in [7, 11) is 0. The van der Waals surface area contributed by atoms with Crippen LogP contribution in [-0.2, 0) is 0 Å². The maximum absolute atomic E-state index is 8.71. The van der Waals surface area contributed by atoms with Crippen LogP contribution in [0.2, 0.25) is 0 Å². The van der Waals surface area contributed by atoms with E-state index in [1.54, 1.807) is 0 Å². The van der Waals surface area contributed by atoms with E-state index < -0.39 is 0 Å². The predicted octanol–water partition coefficient (Wildman–Crippen LogP) is 3.34. The van der Waals surface area contributed by atoms with Gasteiger partial charge in [0.1, 0.15) is 0 Å². The maximum Gasteiger partial charge on any atom is 0.0638 e. The van der Waals surface area contributed by atoms with Gasteiger partial charge in [-0.25, -0.2) is 0 Å². The van der Waals surface area contributed by atoms with Crippen LogP contribution in [0.3, 0.4) is 0 Å². The Balaban J connectivity index is 2.64. The predicted molar refractivity (Wildman–Crippen MR) is 67.0 cm³/mol. The summed E-state index contributed by atoms with van der Waals surface area (Å²) in [6.07, 6.45) is 1.57. The molecule has 0 fully saturated rings. The molecule has 0 bridgehead atoms. The van der Waals surface area contributed by atoms with E-state index in [9.17, 15) is 0 Å². The standard InChI is InChI=1S/C14H20N2/c1-4-14(8-9-15)16-12(3)13-7-5-6-11(2)10-13/h5-7,10,12,14,16H,4,8H2,1-3H3/t12-,14?/m0/s1. The number of benzene rings is 1. The minimum Gasteiger partial charge on any atom is -0.306 e. The Bertz CT molecular complexity index is 365. The first-order chi connectivity index (χ1) is 7.67. The zero-order chi connectivity index (χ0) is 12.0. The number of hydrogen-bond acceptors (Lipinski definition) is 2. The van der Waals surface area contributed by atoms with E-state index in [4.69, 9.17) is 5.26 Å². The first-order valence-electron chi connectivity index (χ1n) is 5.87. The highest BCUT2D eigenvalue weighted by atomic mass is 14.9. The Labute approximate surface area is 98.3 Å². The fraction of sp³-hybridized carbons (Fsp3) is 0.500. The summed E-state index contributed by atoms with van der Waals surface area (Å²) in [6.45, 7) is 6.36. The van der Waals surface area contributed by atoms with E-state index in [0.717, 1.165) is 6.42 Å². The van der Waals surface area contributed by atoms with Crippen molar-refractivity contribution in [3.8, 4) is 6.07 Å². The van der Waals surface area contributed by atoms with Crippen LogP contribution in [0.25, 0.3) is 0 Å². The minimum absolute atomic E-state index is 0.292. The molecule has 0 amide bonds. The number of nitriles is 1. The molecule has 0 saturated carbocycles. The Kier molecular flexibility index (Phi) is 5.01. The third-order valence-corrected chi connectivity index (χ3v) is 2.86. The smallest absolute Gasteiger partial charge is 0.0638 e. The quantitative estimate of drug-likeness (QED) is 0.819. The molecule has 86 valence electrons. The topological polar surface area (TPSA) is 35.8 Å². The lowest BCUT2D eigenvalue weighted by molar-refractivity contribution is 0.448. The van der Waals surface area contributed by atoms with Crippen molar-refractivity contribution >= 4 is 0 Å². The average Bonchev–Trinajstić information content (AvgIpc) is 2.28. The molecule has 2 heteroatoms. The van der Waals surface area contributed by atoms with Crippen LogP contribution >= 0.6 is 0 Å². The Morgan fingerprint density at radius 1 is 1.44 bits per heavy atom. The largest absolute Gasteiger partial charge is 0.306 e. The second-order valence-electron chi connectivity index (χ2n) is 4.27. The van der Waals surface area contributed by atoms with E-state index in [-0.39, 0.29) is 0 Å². The molecule has 0 aliphatic carbocycles. The van der Waals surface area contributed by atoms with Gasteiger partial charge in [-0.3, -0.25) is 0 Å². The van der Waals surface area contributed by atoms with Crippen LogP contribution in [0.15, 0.2) is 24.3 Å². The summed E-state index contributed by atoms with van der Waals surface area (Å²) in [5.74, 6) is 0. The lowest BCUT2D eigenvalue weighted by Gasteiger charge is -2.20. The molecule has 0 aromatic heterocycles. The first-order valence-corrected chi connectivity index (χ1v) is 5.87. The summed E-state index contributed by atoms with van der Waals surface area (Å²) in [5.41, 5.74) is 2.57. The lowest BCUT2D eigenvalue weighted by Crippen LogP contribution is -2.30. The molecule has 0 radical (unpaired) electrons. The van der Waals surface area contributed by atoms with Crippen molar-refractivity contribution in [3.05, 3.63) is 35.4 Å². The van der Waals surface area contributed by atoms with Crippen LogP contribution in [-0.4, -0.2) is 6.04 Å². The van der Waals surface area contributed by atoms with Crippen molar-refractivity contribution in [2.24, 2.45) is 0 Å². The van der Waals surface area contributed by atoms with Gasteiger partial charge in [0.25, 0.3) is 0 Å².